The summed E-state index contributed by atoms with van der Waals surface area (Å²) in [5, 5.41) is 12.6. The number of aryl methyl sites for hydroxylation is 1. The summed E-state index contributed by atoms with van der Waals surface area (Å²) >= 11 is 0. The van der Waals surface area contributed by atoms with E-state index < -0.39 is 0 Å². The van der Waals surface area contributed by atoms with Gasteiger partial charge in [-0.25, -0.2) is 0 Å². The Kier molecular flexibility index (Phi) is 1.91. The third-order valence-corrected chi connectivity index (χ3v) is 1.29. The van der Waals surface area contributed by atoms with Crippen LogP contribution in [-0.2, 0) is 13.5 Å². The van der Waals surface area contributed by atoms with E-state index >= 15 is 0 Å². The Morgan fingerprint density at radius 1 is 1.80 bits per heavy atom. The van der Waals surface area contributed by atoms with Crippen LogP contribution in [0.3, 0.4) is 0 Å². The van der Waals surface area contributed by atoms with E-state index in [1.807, 2.05) is 0 Å². The molecule has 0 spiro atoms. The van der Waals surface area contributed by atoms with Gasteiger partial charge in [-0.05, 0) is 0 Å². The van der Waals surface area contributed by atoms with Crippen molar-refractivity contribution in [3.05, 3.63) is 11.9 Å². The minimum atomic E-state index is 0.0984. The molecule has 1 aromatic heterocycles. The third kappa shape index (κ3) is 1.27. The number of aliphatic hydroxyl groups is 1. The van der Waals surface area contributed by atoms with Crippen molar-refractivity contribution in [1.29, 1.82) is 0 Å². The van der Waals surface area contributed by atoms with Crippen LogP contribution in [0, 0.1) is 0 Å². The Hall–Kier alpha value is -1.03. The molecule has 56 valence electrons. The lowest BCUT2D eigenvalue weighted by molar-refractivity contribution is 0.298. The van der Waals surface area contributed by atoms with Crippen LogP contribution in [0.1, 0.15) is 5.69 Å². The average molecular weight is 141 g/mol. The first-order valence-electron chi connectivity index (χ1n) is 3.13. The second-order valence-electron chi connectivity index (χ2n) is 2.18. The maximum atomic E-state index is 8.55. The summed E-state index contributed by atoms with van der Waals surface area (Å²) in [7, 11) is 1.80. The highest BCUT2D eigenvalue weighted by molar-refractivity contribution is 5.40. The zero-order valence-corrected chi connectivity index (χ0v) is 5.91. The van der Waals surface area contributed by atoms with Gasteiger partial charge in [-0.2, -0.15) is 5.10 Å². The number of anilines is 1. The van der Waals surface area contributed by atoms with Crippen molar-refractivity contribution in [2.24, 2.45) is 7.05 Å². The molecule has 1 heterocycles. The first-order valence-corrected chi connectivity index (χ1v) is 3.13. The van der Waals surface area contributed by atoms with Crippen molar-refractivity contribution in [2.45, 2.75) is 6.42 Å². The molecule has 0 aliphatic rings. The quantitative estimate of drug-likeness (QED) is 0.585. The molecule has 0 aliphatic carbocycles. The van der Waals surface area contributed by atoms with Gasteiger partial charge in [0.05, 0.1) is 11.4 Å². The van der Waals surface area contributed by atoms with Crippen LogP contribution in [-0.4, -0.2) is 21.5 Å². The largest absolute Gasteiger partial charge is 0.396 e. The highest BCUT2D eigenvalue weighted by Crippen LogP contribution is 2.07. The lowest BCUT2D eigenvalue weighted by Crippen LogP contribution is -1.96. The Balaban J connectivity index is 2.81. The van der Waals surface area contributed by atoms with E-state index in [0.717, 1.165) is 5.69 Å². The number of hydrogen-bond donors (Lipinski definition) is 2. The van der Waals surface area contributed by atoms with E-state index in [0.29, 0.717) is 12.1 Å². The SMILES string of the molecule is Cn1cc(N)c(CCO)n1. The van der Waals surface area contributed by atoms with Crippen molar-refractivity contribution in [3.63, 3.8) is 0 Å². The molecule has 0 amide bonds. The van der Waals surface area contributed by atoms with E-state index in [9.17, 15) is 0 Å². The van der Waals surface area contributed by atoms with Crippen LogP contribution in [0.5, 0.6) is 0 Å². The number of nitrogens with zero attached hydrogens (tertiary/aromatic N) is 2. The fourth-order valence-electron chi connectivity index (χ4n) is 0.853. The fourth-order valence-corrected chi connectivity index (χ4v) is 0.853. The maximum absolute atomic E-state index is 8.55. The smallest absolute Gasteiger partial charge is 0.0876 e. The topological polar surface area (TPSA) is 64.1 Å². The molecule has 0 aromatic carbocycles. The van der Waals surface area contributed by atoms with E-state index in [1.54, 1.807) is 17.9 Å². The second kappa shape index (κ2) is 2.70. The summed E-state index contributed by atoms with van der Waals surface area (Å²) in [6.07, 6.45) is 2.26. The minimum Gasteiger partial charge on any atom is -0.396 e. The van der Waals surface area contributed by atoms with Gasteiger partial charge in [-0.15, -0.1) is 0 Å². The Morgan fingerprint density at radius 2 is 2.50 bits per heavy atom. The van der Waals surface area contributed by atoms with Gasteiger partial charge in [0.25, 0.3) is 0 Å². The molecule has 0 radical (unpaired) electrons. The van der Waals surface area contributed by atoms with Crippen LogP contribution in [0.25, 0.3) is 0 Å². The summed E-state index contributed by atoms with van der Waals surface area (Å²) in [5.41, 5.74) is 6.95. The zero-order chi connectivity index (χ0) is 7.56. The summed E-state index contributed by atoms with van der Waals surface area (Å²) in [6, 6.07) is 0. The maximum Gasteiger partial charge on any atom is 0.0876 e. The van der Waals surface area contributed by atoms with Crippen molar-refractivity contribution in [3.8, 4) is 0 Å². The van der Waals surface area contributed by atoms with Gasteiger partial charge in [-0.3, -0.25) is 4.68 Å². The number of nitrogens with two attached hydrogens (primary N) is 1. The summed E-state index contributed by atoms with van der Waals surface area (Å²) in [6.45, 7) is 0.0984. The molecular weight excluding hydrogens is 130 g/mol. The fraction of sp³-hybridized carbons (Fsp3) is 0.500. The Labute approximate surface area is 59.3 Å². The second-order valence-corrected chi connectivity index (χ2v) is 2.18. The van der Waals surface area contributed by atoms with Gasteiger partial charge >= 0.3 is 0 Å². The number of aliphatic hydroxyl groups excluding tert-OH is 1. The zero-order valence-electron chi connectivity index (χ0n) is 5.91. The van der Waals surface area contributed by atoms with Crippen LogP contribution in [0.15, 0.2) is 6.20 Å². The van der Waals surface area contributed by atoms with Gasteiger partial charge in [0, 0.05) is 26.3 Å². The monoisotopic (exact) mass is 141 g/mol. The van der Waals surface area contributed by atoms with Crippen molar-refractivity contribution in [2.75, 3.05) is 12.3 Å². The first kappa shape index (κ1) is 7.08. The van der Waals surface area contributed by atoms with E-state index in [-0.39, 0.29) is 6.61 Å². The number of nitrogen functional groups attached to an aromatic ring is 1. The van der Waals surface area contributed by atoms with Crippen molar-refractivity contribution >= 4 is 5.69 Å². The highest BCUT2D eigenvalue weighted by Gasteiger charge is 2.01. The molecular formula is C6H11N3O. The molecule has 0 bridgehead atoms. The first-order chi connectivity index (χ1) is 4.74. The molecule has 0 atom stereocenters. The molecule has 0 saturated heterocycles. The molecule has 4 heteroatoms. The molecule has 1 aromatic rings. The van der Waals surface area contributed by atoms with Crippen LogP contribution < -0.4 is 5.73 Å². The summed E-state index contributed by atoms with van der Waals surface area (Å²) in [4.78, 5) is 0. The van der Waals surface area contributed by atoms with Crippen LogP contribution in [0.4, 0.5) is 5.69 Å². The average Bonchev–Trinajstić information content (AvgIpc) is 2.13. The molecule has 0 saturated carbocycles. The van der Waals surface area contributed by atoms with Gasteiger partial charge < -0.3 is 10.8 Å². The number of rotatable bonds is 2. The van der Waals surface area contributed by atoms with Crippen molar-refractivity contribution < 1.29 is 5.11 Å². The van der Waals surface area contributed by atoms with Gasteiger partial charge in [-0.1, -0.05) is 0 Å². The van der Waals surface area contributed by atoms with Gasteiger partial charge in [0.2, 0.25) is 0 Å². The molecule has 4 nitrogen and oxygen atoms in total. The van der Waals surface area contributed by atoms with Gasteiger partial charge in [0.15, 0.2) is 0 Å². The molecule has 0 fully saturated rings. The molecule has 0 unspecified atom stereocenters. The summed E-state index contributed by atoms with van der Waals surface area (Å²) in [5.74, 6) is 0. The van der Waals surface area contributed by atoms with Crippen molar-refractivity contribution in [1.82, 2.24) is 9.78 Å². The molecule has 1 rings (SSSR count). The van der Waals surface area contributed by atoms with Crippen LogP contribution in [0.2, 0.25) is 0 Å². The minimum absolute atomic E-state index is 0.0984. The molecule has 3 N–H and O–H groups in total. The number of hydrogen-bond acceptors (Lipinski definition) is 3. The predicted molar refractivity (Wildman–Crippen MR) is 38.4 cm³/mol. The molecule has 0 aliphatic heterocycles. The standard InChI is InChI=1S/C6H11N3O/c1-9-4-5(7)6(8-9)2-3-10/h4,10H,2-3,7H2,1H3. The third-order valence-electron chi connectivity index (χ3n) is 1.29. The van der Waals surface area contributed by atoms with E-state index in [2.05, 4.69) is 5.10 Å². The number of aromatic nitrogens is 2. The highest BCUT2D eigenvalue weighted by atomic mass is 16.3. The summed E-state index contributed by atoms with van der Waals surface area (Å²) < 4.78 is 1.64. The lowest BCUT2D eigenvalue weighted by atomic mass is 10.3. The van der Waals surface area contributed by atoms with Gasteiger partial charge in [0.1, 0.15) is 0 Å². The Morgan fingerprint density at radius 3 is 2.90 bits per heavy atom. The van der Waals surface area contributed by atoms with E-state index in [1.165, 1.54) is 0 Å². The lowest BCUT2D eigenvalue weighted by Gasteiger charge is -1.90. The van der Waals surface area contributed by atoms with E-state index in [4.69, 9.17) is 10.8 Å². The Bertz CT molecular complexity index is 219. The predicted octanol–water partition coefficient (Wildman–Crippen LogP) is -0.463. The molecule has 10 heavy (non-hydrogen) atoms. The normalized spacial score (nSPS) is 10.2. The van der Waals surface area contributed by atoms with Crippen LogP contribution >= 0.6 is 0 Å².